The number of hydrogen-bond donors (Lipinski definition) is 1. The Morgan fingerprint density at radius 3 is 2.49 bits per heavy atom. The number of pyridine rings is 3. The molecule has 0 radical (unpaired) electrons. The van der Waals surface area contributed by atoms with Gasteiger partial charge in [-0.2, -0.15) is 10.4 Å². The van der Waals surface area contributed by atoms with Gasteiger partial charge in [0, 0.05) is 80.9 Å². The molecular formula is C34H38N8O3. The van der Waals surface area contributed by atoms with Crippen molar-refractivity contribution in [2.75, 3.05) is 51.3 Å². The molecule has 11 heteroatoms. The number of aromatic nitrogens is 4. The van der Waals surface area contributed by atoms with Gasteiger partial charge < -0.3 is 19.5 Å². The smallest absolute Gasteiger partial charge is 0.212 e. The summed E-state index contributed by atoms with van der Waals surface area (Å²) in [6.45, 7) is 6.28. The number of hydrogen-bond acceptors (Lipinski definition) is 10. The zero-order chi connectivity index (χ0) is 30.5. The number of methoxy groups -OCH3 is 1. The summed E-state index contributed by atoms with van der Waals surface area (Å²) < 4.78 is 13.2. The van der Waals surface area contributed by atoms with E-state index in [0.29, 0.717) is 47.7 Å². The molecule has 0 spiro atoms. The molecule has 0 aromatic carbocycles. The van der Waals surface area contributed by atoms with Gasteiger partial charge in [-0.1, -0.05) is 6.07 Å². The van der Waals surface area contributed by atoms with Gasteiger partial charge in [0.1, 0.15) is 24.2 Å². The van der Waals surface area contributed by atoms with Crippen LogP contribution in [0.15, 0.2) is 55.1 Å². The number of nitrogens with zero attached hydrogens (tertiary/aromatic N) is 8. The molecule has 232 valence electrons. The van der Waals surface area contributed by atoms with Crippen LogP contribution in [0, 0.1) is 23.2 Å². The third-order valence-corrected chi connectivity index (χ3v) is 10.3. The molecule has 4 unspecified atom stereocenters. The Morgan fingerprint density at radius 2 is 1.80 bits per heavy atom. The maximum Gasteiger partial charge on any atom is 0.212 e. The summed E-state index contributed by atoms with van der Waals surface area (Å²) in [6.07, 6.45) is 10.2. The molecule has 8 heterocycles. The van der Waals surface area contributed by atoms with Gasteiger partial charge in [0.2, 0.25) is 5.88 Å². The molecule has 2 bridgehead atoms. The van der Waals surface area contributed by atoms with E-state index >= 15 is 0 Å². The zero-order valence-electron chi connectivity index (χ0n) is 25.5. The van der Waals surface area contributed by atoms with Gasteiger partial charge in [-0.05, 0) is 54.9 Å². The number of piperazine rings is 1. The first-order chi connectivity index (χ1) is 22.0. The Balaban J connectivity index is 0.941. The second-order valence-electron chi connectivity index (χ2n) is 13.0. The van der Waals surface area contributed by atoms with E-state index in [-0.39, 0.29) is 6.10 Å². The summed E-state index contributed by atoms with van der Waals surface area (Å²) in [4.78, 5) is 16.7. The van der Waals surface area contributed by atoms with Gasteiger partial charge in [-0.25, -0.2) is 14.5 Å². The summed E-state index contributed by atoms with van der Waals surface area (Å²) in [6, 6.07) is 13.5. The predicted octanol–water partition coefficient (Wildman–Crippen LogP) is 3.22. The maximum atomic E-state index is 9.95. The molecule has 4 saturated heterocycles. The van der Waals surface area contributed by atoms with Gasteiger partial charge in [0.05, 0.1) is 36.7 Å². The molecule has 0 amide bonds. The minimum atomic E-state index is -0.121. The van der Waals surface area contributed by atoms with Crippen LogP contribution in [0.2, 0.25) is 0 Å². The van der Waals surface area contributed by atoms with Crippen molar-refractivity contribution in [3.8, 4) is 28.8 Å². The SMILES string of the molecule is COc1ccc(CN2C3CC2CN(c2ccc(-c4cc(OCCN5CC6CC(O)CC6C5)cn5ncc(C#N)c45)cn2)C3)cn1. The summed E-state index contributed by atoms with van der Waals surface area (Å²) >= 11 is 0. The van der Waals surface area contributed by atoms with Crippen molar-refractivity contribution < 1.29 is 14.6 Å². The lowest BCUT2D eigenvalue weighted by Gasteiger charge is -2.56. The number of anilines is 1. The minimum absolute atomic E-state index is 0.121. The monoisotopic (exact) mass is 606 g/mol. The summed E-state index contributed by atoms with van der Waals surface area (Å²) in [5.74, 6) is 3.55. The molecule has 4 aliphatic heterocycles. The number of ether oxygens (including phenoxy) is 2. The fourth-order valence-electron chi connectivity index (χ4n) is 8.02. The lowest BCUT2D eigenvalue weighted by Crippen LogP contribution is -2.68. The molecular weight excluding hydrogens is 568 g/mol. The Kier molecular flexibility index (Phi) is 7.28. The van der Waals surface area contributed by atoms with Crippen LogP contribution in [0.25, 0.3) is 16.6 Å². The fraction of sp³-hybridized carbons (Fsp3) is 0.471. The first-order valence-corrected chi connectivity index (χ1v) is 16.0. The van der Waals surface area contributed by atoms with Crippen molar-refractivity contribution in [2.24, 2.45) is 11.8 Å². The number of piperidine rings is 1. The number of aliphatic hydroxyl groups is 1. The third-order valence-electron chi connectivity index (χ3n) is 10.3. The van der Waals surface area contributed by atoms with Gasteiger partial charge in [0.25, 0.3) is 0 Å². The number of aliphatic hydroxyl groups excluding tert-OH is 1. The fourth-order valence-corrected chi connectivity index (χ4v) is 8.02. The molecule has 1 N–H and O–H groups in total. The molecule has 4 aromatic rings. The van der Waals surface area contributed by atoms with Crippen LogP contribution in [0.3, 0.4) is 0 Å². The standard InChI is InChI=1S/C34H38N8O3/c1-44-33-5-2-22(13-37-33)16-41-27-10-28(41)20-40(19-27)32-4-3-23(14-36-32)31-11-30(21-42-34(31)26(12-35)15-38-42)45-7-6-39-17-24-8-29(43)9-25(24)18-39/h2-5,11,13-15,21,24-25,27-29,43H,6-10,16-20H2,1H3. The molecule has 5 aliphatic rings. The maximum absolute atomic E-state index is 9.95. The zero-order valence-corrected chi connectivity index (χ0v) is 25.5. The van der Waals surface area contributed by atoms with Crippen LogP contribution in [0.5, 0.6) is 11.6 Å². The molecule has 11 nitrogen and oxygen atoms in total. The van der Waals surface area contributed by atoms with Crippen LogP contribution in [0.1, 0.15) is 30.4 Å². The Bertz CT molecular complexity index is 1690. The van der Waals surface area contributed by atoms with Crippen LogP contribution in [-0.4, -0.2) is 99.1 Å². The summed E-state index contributed by atoms with van der Waals surface area (Å²) in [7, 11) is 1.64. The first kappa shape index (κ1) is 28.2. The first-order valence-electron chi connectivity index (χ1n) is 16.0. The van der Waals surface area contributed by atoms with Crippen LogP contribution in [-0.2, 0) is 6.54 Å². The molecule has 4 aromatic heterocycles. The minimum Gasteiger partial charge on any atom is -0.491 e. The second-order valence-corrected chi connectivity index (χ2v) is 13.0. The number of nitriles is 1. The van der Waals surface area contributed by atoms with Crippen molar-refractivity contribution >= 4 is 11.3 Å². The molecule has 1 aliphatic carbocycles. The average Bonchev–Trinajstić information content (AvgIpc) is 3.76. The predicted molar refractivity (Wildman–Crippen MR) is 168 cm³/mol. The van der Waals surface area contributed by atoms with E-state index in [0.717, 1.165) is 74.6 Å². The highest BCUT2D eigenvalue weighted by atomic mass is 16.5. The second kappa shape index (κ2) is 11.6. The van der Waals surface area contributed by atoms with E-state index in [4.69, 9.17) is 14.5 Å². The lowest BCUT2D eigenvalue weighted by atomic mass is 9.87. The van der Waals surface area contributed by atoms with E-state index in [1.165, 1.54) is 12.0 Å². The van der Waals surface area contributed by atoms with E-state index in [2.05, 4.69) is 49.1 Å². The quantitative estimate of drug-likeness (QED) is 0.305. The van der Waals surface area contributed by atoms with E-state index in [1.54, 1.807) is 17.8 Å². The Labute approximate surface area is 262 Å². The van der Waals surface area contributed by atoms with Crippen LogP contribution in [0.4, 0.5) is 5.82 Å². The van der Waals surface area contributed by atoms with Gasteiger partial charge in [0.15, 0.2) is 0 Å². The highest BCUT2D eigenvalue weighted by Crippen LogP contribution is 2.39. The highest BCUT2D eigenvalue weighted by Gasteiger charge is 2.44. The van der Waals surface area contributed by atoms with Gasteiger partial charge in [-0.3, -0.25) is 9.80 Å². The van der Waals surface area contributed by atoms with E-state index in [1.807, 2.05) is 30.7 Å². The third kappa shape index (κ3) is 5.37. The van der Waals surface area contributed by atoms with Gasteiger partial charge in [-0.15, -0.1) is 0 Å². The molecule has 9 rings (SSSR count). The van der Waals surface area contributed by atoms with Crippen molar-refractivity contribution in [3.05, 3.63) is 66.2 Å². The van der Waals surface area contributed by atoms with Gasteiger partial charge >= 0.3 is 0 Å². The summed E-state index contributed by atoms with van der Waals surface area (Å²) in [5.41, 5.74) is 4.29. The van der Waals surface area contributed by atoms with Crippen LogP contribution >= 0.6 is 0 Å². The number of fused-ring (bicyclic) bond motifs is 4. The average molecular weight is 607 g/mol. The molecule has 5 fully saturated rings. The van der Waals surface area contributed by atoms with Crippen molar-refractivity contribution in [1.82, 2.24) is 29.4 Å². The molecule has 1 saturated carbocycles. The largest absolute Gasteiger partial charge is 0.491 e. The number of rotatable bonds is 9. The van der Waals surface area contributed by atoms with E-state index in [9.17, 15) is 10.4 Å². The van der Waals surface area contributed by atoms with Crippen molar-refractivity contribution in [1.29, 1.82) is 5.26 Å². The molecule has 4 atom stereocenters. The van der Waals surface area contributed by atoms with Crippen LogP contribution < -0.4 is 14.4 Å². The molecule has 45 heavy (non-hydrogen) atoms. The number of likely N-dealkylation sites (tertiary alicyclic amines) is 1. The Hall–Kier alpha value is -4.24. The summed E-state index contributed by atoms with van der Waals surface area (Å²) in [5, 5.41) is 24.2. The van der Waals surface area contributed by atoms with E-state index < -0.39 is 0 Å². The van der Waals surface area contributed by atoms with Crippen molar-refractivity contribution in [2.45, 2.75) is 44.0 Å². The normalized spacial score (nSPS) is 26.1. The lowest BCUT2D eigenvalue weighted by molar-refractivity contribution is -0.00876. The Morgan fingerprint density at radius 1 is 0.978 bits per heavy atom. The van der Waals surface area contributed by atoms with Crippen molar-refractivity contribution in [3.63, 3.8) is 0 Å². The highest BCUT2D eigenvalue weighted by molar-refractivity contribution is 5.85. The topological polar surface area (TPSA) is 115 Å².